The minimum atomic E-state index is -2.88. The third kappa shape index (κ3) is 3.97. The molecule has 1 aliphatic carbocycles. The first-order valence-corrected chi connectivity index (χ1v) is 7.11. The van der Waals surface area contributed by atoms with Gasteiger partial charge in [0.1, 0.15) is 12.6 Å². The second kappa shape index (κ2) is 6.47. The molecule has 1 aliphatic heterocycles. The van der Waals surface area contributed by atoms with Crippen LogP contribution in [0.2, 0.25) is 0 Å². The molecule has 21 heavy (non-hydrogen) atoms. The Morgan fingerprint density at radius 3 is 2.90 bits per heavy atom. The van der Waals surface area contributed by atoms with Gasteiger partial charge in [-0.25, -0.2) is 8.78 Å². The maximum atomic E-state index is 13.9. The van der Waals surface area contributed by atoms with Crippen LogP contribution in [0.4, 0.5) is 8.78 Å². The lowest BCUT2D eigenvalue weighted by Crippen LogP contribution is -2.49. The molecule has 2 rings (SSSR count). The molecule has 0 spiro atoms. The van der Waals surface area contributed by atoms with Crippen LogP contribution in [0, 0.1) is 0 Å². The summed E-state index contributed by atoms with van der Waals surface area (Å²) < 4.78 is 33.0. The van der Waals surface area contributed by atoms with E-state index in [9.17, 15) is 8.78 Å². The zero-order valence-electron chi connectivity index (χ0n) is 12.4. The van der Waals surface area contributed by atoms with E-state index in [1.807, 2.05) is 19.9 Å². The van der Waals surface area contributed by atoms with Crippen molar-refractivity contribution < 1.29 is 13.5 Å². The van der Waals surface area contributed by atoms with E-state index in [1.165, 1.54) is 0 Å². The summed E-state index contributed by atoms with van der Waals surface area (Å²) in [7, 11) is 0. The van der Waals surface area contributed by atoms with Gasteiger partial charge in [0.15, 0.2) is 0 Å². The maximum absolute atomic E-state index is 13.9. The van der Waals surface area contributed by atoms with Gasteiger partial charge >= 0.3 is 0 Å². The second-order valence-electron chi connectivity index (χ2n) is 5.70. The number of alkyl halides is 2. The minimum absolute atomic E-state index is 0.177. The topological polar surface area (TPSA) is 60.0 Å². The number of azo groups is 1. The fourth-order valence-electron chi connectivity index (χ4n) is 2.45. The largest absolute Gasteiger partial charge is 0.496 e. The Morgan fingerprint density at radius 1 is 1.48 bits per heavy atom. The molecule has 0 saturated heterocycles. The summed E-state index contributed by atoms with van der Waals surface area (Å²) in [5.74, 6) is -2.88. The van der Waals surface area contributed by atoms with Crippen molar-refractivity contribution in [2.45, 2.75) is 51.1 Å². The van der Waals surface area contributed by atoms with Crippen molar-refractivity contribution in [2.24, 2.45) is 16.0 Å². The van der Waals surface area contributed by atoms with Crippen molar-refractivity contribution in [2.75, 3.05) is 6.61 Å². The van der Waals surface area contributed by atoms with Crippen LogP contribution in [-0.2, 0) is 4.74 Å². The molecule has 4 nitrogen and oxygen atoms in total. The van der Waals surface area contributed by atoms with E-state index in [0.29, 0.717) is 25.1 Å². The monoisotopic (exact) mass is 297 g/mol. The van der Waals surface area contributed by atoms with Gasteiger partial charge in [-0.15, -0.1) is 0 Å². The summed E-state index contributed by atoms with van der Waals surface area (Å²) in [6.07, 6.45) is 5.98. The Hall–Kier alpha value is -1.56. The van der Waals surface area contributed by atoms with Gasteiger partial charge in [0, 0.05) is 18.0 Å². The Morgan fingerprint density at radius 2 is 2.24 bits per heavy atom. The molecule has 0 unspecified atom stereocenters. The van der Waals surface area contributed by atoms with Gasteiger partial charge in [0.05, 0.1) is 12.0 Å². The molecule has 2 aliphatic rings. The highest BCUT2D eigenvalue weighted by Crippen LogP contribution is 2.35. The van der Waals surface area contributed by atoms with Crippen molar-refractivity contribution in [1.82, 2.24) is 0 Å². The third-order valence-corrected chi connectivity index (χ3v) is 3.50. The summed E-state index contributed by atoms with van der Waals surface area (Å²) in [6, 6.07) is -1.89. The molecule has 0 bridgehead atoms. The summed E-state index contributed by atoms with van der Waals surface area (Å²) in [5.41, 5.74) is 8.13. The molecule has 0 aromatic heterocycles. The molecule has 0 aromatic rings. The predicted octanol–water partition coefficient (Wildman–Crippen LogP) is 3.72. The number of hydrogen-bond acceptors (Lipinski definition) is 4. The van der Waals surface area contributed by atoms with E-state index in [0.717, 1.165) is 11.1 Å². The zero-order chi connectivity index (χ0) is 15.5. The number of nitrogens with two attached hydrogens (primary N) is 1. The van der Waals surface area contributed by atoms with E-state index in [4.69, 9.17) is 10.5 Å². The van der Waals surface area contributed by atoms with Gasteiger partial charge in [-0.1, -0.05) is 11.6 Å². The molecule has 6 heteroatoms. The van der Waals surface area contributed by atoms with Gasteiger partial charge in [-0.3, -0.25) is 0 Å². The normalized spacial score (nSPS) is 28.6. The summed E-state index contributed by atoms with van der Waals surface area (Å²) >= 11 is 0. The van der Waals surface area contributed by atoms with Gasteiger partial charge in [-0.05, 0) is 32.8 Å². The van der Waals surface area contributed by atoms with Crippen LogP contribution < -0.4 is 5.73 Å². The molecule has 2 atom stereocenters. The smallest absolute Gasteiger partial charge is 0.273 e. The first-order chi connectivity index (χ1) is 9.90. The third-order valence-electron chi connectivity index (χ3n) is 3.50. The van der Waals surface area contributed by atoms with E-state index in [-0.39, 0.29) is 6.42 Å². The van der Waals surface area contributed by atoms with E-state index in [1.54, 1.807) is 12.3 Å². The summed E-state index contributed by atoms with van der Waals surface area (Å²) in [4.78, 5) is 0. The van der Waals surface area contributed by atoms with Crippen LogP contribution in [0.15, 0.2) is 45.5 Å². The average molecular weight is 297 g/mol. The molecular weight excluding hydrogens is 276 g/mol. The Balaban J connectivity index is 2.17. The highest BCUT2D eigenvalue weighted by molar-refractivity contribution is 5.40. The second-order valence-corrected chi connectivity index (χ2v) is 5.70. The molecular formula is C15H21F2N3O. The molecule has 116 valence electrons. The standard InChI is InChI=1S/C15H21F2N3O/c1-10(2)8-11-9-21-7-5-13(11)19-20-14-12(18)4-3-6-15(14,16)17/h5,8-9,12,14H,3-4,6-7,18H2,1-2H3/t12-,14-/m1/s1. The Kier molecular flexibility index (Phi) is 4.88. The zero-order valence-corrected chi connectivity index (χ0v) is 12.4. The lowest BCUT2D eigenvalue weighted by molar-refractivity contribution is -0.0590. The molecule has 2 N–H and O–H groups in total. The quantitative estimate of drug-likeness (QED) is 0.807. The minimum Gasteiger partial charge on any atom is -0.496 e. The van der Waals surface area contributed by atoms with Crippen molar-refractivity contribution in [3.8, 4) is 0 Å². The van der Waals surface area contributed by atoms with Crippen LogP contribution in [0.5, 0.6) is 0 Å². The lowest BCUT2D eigenvalue weighted by atomic mass is 9.88. The molecule has 1 fully saturated rings. The van der Waals surface area contributed by atoms with Crippen LogP contribution in [-0.4, -0.2) is 24.6 Å². The molecule has 0 amide bonds. The Labute approximate surface area is 123 Å². The van der Waals surface area contributed by atoms with Crippen molar-refractivity contribution in [1.29, 1.82) is 0 Å². The first-order valence-electron chi connectivity index (χ1n) is 7.11. The van der Waals surface area contributed by atoms with Gasteiger partial charge in [-0.2, -0.15) is 10.2 Å². The maximum Gasteiger partial charge on any atom is 0.273 e. The van der Waals surface area contributed by atoms with Crippen LogP contribution in [0.25, 0.3) is 0 Å². The molecule has 1 saturated carbocycles. The highest BCUT2D eigenvalue weighted by atomic mass is 19.3. The van der Waals surface area contributed by atoms with E-state index in [2.05, 4.69) is 10.2 Å². The average Bonchev–Trinajstić information content (AvgIpc) is 2.38. The van der Waals surface area contributed by atoms with Gasteiger partial charge in [0.25, 0.3) is 5.92 Å². The highest BCUT2D eigenvalue weighted by Gasteiger charge is 2.46. The number of hydrogen-bond donors (Lipinski definition) is 1. The van der Waals surface area contributed by atoms with E-state index < -0.39 is 18.0 Å². The van der Waals surface area contributed by atoms with Crippen molar-refractivity contribution >= 4 is 0 Å². The number of nitrogens with zero attached hydrogens (tertiary/aromatic N) is 2. The number of allylic oxidation sites excluding steroid dienone is 2. The van der Waals surface area contributed by atoms with Gasteiger partial charge < -0.3 is 10.5 Å². The van der Waals surface area contributed by atoms with Crippen LogP contribution in [0.3, 0.4) is 0 Å². The molecule has 0 radical (unpaired) electrons. The van der Waals surface area contributed by atoms with Gasteiger partial charge in [0.2, 0.25) is 0 Å². The summed E-state index contributed by atoms with van der Waals surface area (Å²) in [5, 5.41) is 7.87. The van der Waals surface area contributed by atoms with E-state index >= 15 is 0 Å². The molecule has 1 heterocycles. The van der Waals surface area contributed by atoms with Crippen molar-refractivity contribution in [3.63, 3.8) is 0 Å². The lowest BCUT2D eigenvalue weighted by Gasteiger charge is -2.32. The van der Waals surface area contributed by atoms with Crippen LogP contribution in [0.1, 0.15) is 33.1 Å². The molecule has 0 aromatic carbocycles. The predicted molar refractivity (Wildman–Crippen MR) is 77.0 cm³/mol. The Bertz CT molecular complexity index is 505. The van der Waals surface area contributed by atoms with Crippen LogP contribution >= 0.6 is 0 Å². The van der Waals surface area contributed by atoms with Crippen molar-refractivity contribution in [3.05, 3.63) is 35.3 Å². The number of rotatable bonds is 3. The number of halogens is 2. The summed E-state index contributed by atoms with van der Waals surface area (Å²) in [6.45, 7) is 4.24. The first kappa shape index (κ1) is 15.8. The SMILES string of the molecule is CC(C)=CC1=COCC=C1N=N[C@@H]1[C@H](N)CCCC1(F)F. The number of ether oxygens (including phenoxy) is 1. The fraction of sp³-hybridized carbons (Fsp3) is 0.600. The fourth-order valence-corrected chi connectivity index (χ4v) is 2.45.